The Morgan fingerprint density at radius 2 is 2.18 bits per heavy atom. The fourth-order valence-electron chi connectivity index (χ4n) is 1.30. The fourth-order valence-corrected chi connectivity index (χ4v) is 1.30. The number of aliphatic hydroxyl groups is 1. The molecule has 0 fully saturated rings. The molecule has 17 heavy (non-hydrogen) atoms. The highest BCUT2D eigenvalue weighted by Crippen LogP contribution is 2.17. The molecular weight excluding hydrogens is 220 g/mol. The molecule has 1 heterocycles. The topological polar surface area (TPSA) is 71.5 Å². The average Bonchev–Trinajstić information content (AvgIpc) is 2.14. The quantitative estimate of drug-likeness (QED) is 0.828. The molecule has 2 N–H and O–H groups in total. The van der Waals surface area contributed by atoms with E-state index in [1.165, 1.54) is 0 Å². The van der Waals surface area contributed by atoms with Crippen LogP contribution in [0.1, 0.15) is 31.9 Å². The number of nitrogens with zero attached hydrogens (tertiary/aromatic N) is 1. The molecule has 5 nitrogen and oxygen atoms in total. The van der Waals surface area contributed by atoms with Crippen molar-refractivity contribution >= 4 is 11.9 Å². The van der Waals surface area contributed by atoms with Crippen molar-refractivity contribution in [3.05, 3.63) is 23.4 Å². The van der Waals surface area contributed by atoms with Crippen molar-refractivity contribution in [3.63, 3.8) is 0 Å². The number of rotatable bonds is 2. The number of pyridine rings is 1. The van der Waals surface area contributed by atoms with E-state index in [0.717, 1.165) is 5.56 Å². The van der Waals surface area contributed by atoms with Crippen LogP contribution >= 0.6 is 0 Å². The lowest BCUT2D eigenvalue weighted by molar-refractivity contribution is 0.0635. The highest BCUT2D eigenvalue weighted by Gasteiger charge is 2.17. The molecule has 0 aromatic carbocycles. The molecule has 94 valence electrons. The van der Waals surface area contributed by atoms with Gasteiger partial charge in [0.05, 0.1) is 6.61 Å². The molecular formula is C12H18N2O3. The molecule has 0 aliphatic carbocycles. The standard InChI is InChI=1S/C12H18N2O3/c1-8-5-6-13-10(9(8)7-15)14-11(16)17-12(2,3)4/h5-6,15H,7H2,1-4H3,(H,13,14,16). The van der Waals surface area contributed by atoms with Gasteiger partial charge in [-0.15, -0.1) is 0 Å². The van der Waals surface area contributed by atoms with Crippen molar-refractivity contribution in [2.45, 2.75) is 39.9 Å². The van der Waals surface area contributed by atoms with Crippen molar-refractivity contribution in [2.24, 2.45) is 0 Å². The zero-order valence-electron chi connectivity index (χ0n) is 10.6. The zero-order chi connectivity index (χ0) is 13.1. The first-order valence-electron chi connectivity index (χ1n) is 5.39. The van der Waals surface area contributed by atoms with Gasteiger partial charge in [-0.2, -0.15) is 0 Å². The lowest BCUT2D eigenvalue weighted by atomic mass is 10.1. The number of anilines is 1. The first kappa shape index (κ1) is 13.4. The Hall–Kier alpha value is -1.62. The molecule has 1 aromatic rings. The van der Waals surface area contributed by atoms with Gasteiger partial charge in [0.2, 0.25) is 0 Å². The first-order valence-corrected chi connectivity index (χ1v) is 5.39. The van der Waals surface area contributed by atoms with Crippen molar-refractivity contribution in [1.82, 2.24) is 4.98 Å². The van der Waals surface area contributed by atoms with Crippen LogP contribution in [-0.2, 0) is 11.3 Å². The van der Waals surface area contributed by atoms with Gasteiger partial charge in [0.1, 0.15) is 11.4 Å². The summed E-state index contributed by atoms with van der Waals surface area (Å²) in [6, 6.07) is 1.77. The highest BCUT2D eigenvalue weighted by atomic mass is 16.6. The molecule has 1 aromatic heterocycles. The van der Waals surface area contributed by atoms with Gasteiger partial charge in [0, 0.05) is 11.8 Å². The molecule has 0 atom stereocenters. The van der Waals surface area contributed by atoms with Crippen LogP contribution in [-0.4, -0.2) is 21.8 Å². The van der Waals surface area contributed by atoms with Crippen molar-refractivity contribution < 1.29 is 14.6 Å². The molecule has 0 saturated heterocycles. The summed E-state index contributed by atoms with van der Waals surface area (Å²) >= 11 is 0. The van der Waals surface area contributed by atoms with E-state index in [1.54, 1.807) is 33.0 Å². The normalized spacial score (nSPS) is 11.1. The summed E-state index contributed by atoms with van der Waals surface area (Å²) in [4.78, 5) is 15.6. The Labute approximate surface area is 101 Å². The maximum atomic E-state index is 11.6. The molecule has 1 amide bonds. The predicted molar refractivity (Wildman–Crippen MR) is 64.8 cm³/mol. The third kappa shape index (κ3) is 4.03. The summed E-state index contributed by atoms with van der Waals surface area (Å²) in [5.41, 5.74) is 0.903. The minimum Gasteiger partial charge on any atom is -0.444 e. The Morgan fingerprint density at radius 3 is 2.71 bits per heavy atom. The number of carbonyl (C=O) groups is 1. The largest absolute Gasteiger partial charge is 0.444 e. The van der Waals surface area contributed by atoms with E-state index in [9.17, 15) is 9.90 Å². The number of amides is 1. The molecule has 0 aliphatic rings. The minimum absolute atomic E-state index is 0.176. The van der Waals surface area contributed by atoms with Crippen molar-refractivity contribution in [2.75, 3.05) is 5.32 Å². The second kappa shape index (κ2) is 5.14. The fraction of sp³-hybridized carbons (Fsp3) is 0.500. The summed E-state index contributed by atoms with van der Waals surface area (Å²) in [5, 5.41) is 11.7. The van der Waals surface area contributed by atoms with Gasteiger partial charge in [-0.05, 0) is 39.3 Å². The number of carbonyl (C=O) groups excluding carboxylic acids is 1. The molecule has 0 saturated carbocycles. The summed E-state index contributed by atoms with van der Waals surface area (Å²) in [6.45, 7) is 7.01. The van der Waals surface area contributed by atoms with E-state index < -0.39 is 11.7 Å². The minimum atomic E-state index is -0.578. The summed E-state index contributed by atoms with van der Waals surface area (Å²) in [5.74, 6) is 0.335. The average molecular weight is 238 g/mol. The monoisotopic (exact) mass is 238 g/mol. The van der Waals surface area contributed by atoms with Crippen LogP contribution in [0.3, 0.4) is 0 Å². The van der Waals surface area contributed by atoms with Crippen molar-refractivity contribution in [3.8, 4) is 0 Å². The van der Waals surface area contributed by atoms with E-state index in [-0.39, 0.29) is 6.61 Å². The maximum absolute atomic E-state index is 11.6. The number of nitrogens with one attached hydrogen (secondary N) is 1. The van der Waals surface area contributed by atoms with E-state index in [0.29, 0.717) is 11.4 Å². The van der Waals surface area contributed by atoms with Crippen molar-refractivity contribution in [1.29, 1.82) is 0 Å². The Kier molecular flexibility index (Phi) is 4.07. The number of hydrogen-bond acceptors (Lipinski definition) is 4. The number of aryl methyl sites for hydroxylation is 1. The lowest BCUT2D eigenvalue weighted by Gasteiger charge is -2.20. The van der Waals surface area contributed by atoms with Crippen LogP contribution in [0.5, 0.6) is 0 Å². The third-order valence-electron chi connectivity index (χ3n) is 2.07. The number of hydrogen-bond donors (Lipinski definition) is 2. The molecule has 0 unspecified atom stereocenters. The Bertz CT molecular complexity index is 411. The van der Waals surface area contributed by atoms with E-state index in [2.05, 4.69) is 10.3 Å². The van der Waals surface area contributed by atoms with Gasteiger partial charge < -0.3 is 9.84 Å². The number of aliphatic hydroxyl groups excluding tert-OH is 1. The summed E-state index contributed by atoms with van der Waals surface area (Å²) < 4.78 is 5.11. The van der Waals surface area contributed by atoms with Crippen LogP contribution in [0.15, 0.2) is 12.3 Å². The number of aromatic nitrogens is 1. The van der Waals surface area contributed by atoms with E-state index in [4.69, 9.17) is 4.74 Å². The highest BCUT2D eigenvalue weighted by molar-refractivity contribution is 5.84. The van der Waals surface area contributed by atoms with E-state index in [1.807, 2.05) is 6.92 Å². The Morgan fingerprint density at radius 1 is 1.53 bits per heavy atom. The molecule has 5 heteroatoms. The van der Waals surface area contributed by atoms with Gasteiger partial charge >= 0.3 is 6.09 Å². The molecule has 0 aliphatic heterocycles. The van der Waals surface area contributed by atoms with Gasteiger partial charge in [0.15, 0.2) is 0 Å². The zero-order valence-corrected chi connectivity index (χ0v) is 10.6. The second-order valence-electron chi connectivity index (χ2n) is 4.74. The van der Waals surface area contributed by atoms with Crippen LogP contribution in [0.4, 0.5) is 10.6 Å². The van der Waals surface area contributed by atoms with E-state index >= 15 is 0 Å². The predicted octanol–water partition coefficient (Wildman–Crippen LogP) is 2.23. The van der Waals surface area contributed by atoms with Crippen LogP contribution in [0, 0.1) is 6.92 Å². The molecule has 0 radical (unpaired) electrons. The molecule has 0 bridgehead atoms. The summed E-state index contributed by atoms with van der Waals surface area (Å²) in [6.07, 6.45) is 0.992. The number of ether oxygens (including phenoxy) is 1. The van der Waals surface area contributed by atoms with Gasteiger partial charge in [-0.25, -0.2) is 9.78 Å². The molecule has 1 rings (SSSR count). The SMILES string of the molecule is Cc1ccnc(NC(=O)OC(C)(C)C)c1CO. The summed E-state index contributed by atoms with van der Waals surface area (Å²) in [7, 11) is 0. The van der Waals surface area contributed by atoms with Gasteiger partial charge in [0.25, 0.3) is 0 Å². The van der Waals surface area contributed by atoms with Gasteiger partial charge in [-0.1, -0.05) is 0 Å². The van der Waals surface area contributed by atoms with Crippen LogP contribution < -0.4 is 5.32 Å². The second-order valence-corrected chi connectivity index (χ2v) is 4.74. The third-order valence-corrected chi connectivity index (χ3v) is 2.07. The van der Waals surface area contributed by atoms with Gasteiger partial charge in [-0.3, -0.25) is 5.32 Å². The van der Waals surface area contributed by atoms with Crippen LogP contribution in [0.25, 0.3) is 0 Å². The van der Waals surface area contributed by atoms with Crippen LogP contribution in [0.2, 0.25) is 0 Å². The lowest BCUT2D eigenvalue weighted by Crippen LogP contribution is -2.28. The first-order chi connectivity index (χ1) is 7.83. The smallest absolute Gasteiger partial charge is 0.413 e. The Balaban J connectivity index is 2.82. The molecule has 0 spiro atoms. The maximum Gasteiger partial charge on any atom is 0.413 e.